The molecule has 212 valence electrons. The average Bonchev–Trinajstić information content (AvgIpc) is 3.61. The number of rotatable bonds is 9. The predicted molar refractivity (Wildman–Crippen MR) is 169 cm³/mol. The van der Waals surface area contributed by atoms with Crippen molar-refractivity contribution in [2.45, 2.75) is 36.3 Å². The van der Waals surface area contributed by atoms with Crippen LogP contribution in [0.5, 0.6) is 0 Å². The molecule has 1 aliphatic heterocycles. The number of nitrogens with one attached hydrogen (secondary N) is 2. The third-order valence-corrected chi connectivity index (χ3v) is 8.60. The number of nitrogens with zero attached hydrogens (tertiary/aromatic N) is 1. The van der Waals surface area contributed by atoms with E-state index in [1.807, 2.05) is 47.2 Å². The van der Waals surface area contributed by atoms with Gasteiger partial charge in [-0.25, -0.2) is 4.90 Å². The molecule has 3 aromatic carbocycles. The molecular weight excluding hydrogens is 567 g/mol. The van der Waals surface area contributed by atoms with Gasteiger partial charge in [0.2, 0.25) is 11.8 Å². The Morgan fingerprint density at radius 1 is 0.952 bits per heavy atom. The molecule has 0 radical (unpaired) electrons. The zero-order valence-electron chi connectivity index (χ0n) is 23.1. The average molecular weight is 596 g/mol. The van der Waals surface area contributed by atoms with Crippen LogP contribution in [0.2, 0.25) is 0 Å². The van der Waals surface area contributed by atoms with E-state index in [1.54, 1.807) is 54.6 Å². The second kappa shape index (κ2) is 13.0. The van der Waals surface area contributed by atoms with Crippen LogP contribution in [0.25, 0.3) is 6.08 Å². The second-order valence-electron chi connectivity index (χ2n) is 10.0. The highest BCUT2D eigenvalue weighted by molar-refractivity contribution is 8.00. The molecule has 2 heterocycles. The first-order chi connectivity index (χ1) is 20.3. The summed E-state index contributed by atoms with van der Waals surface area (Å²) in [6.45, 7) is 4.18. The van der Waals surface area contributed by atoms with E-state index in [0.29, 0.717) is 22.9 Å². The molecule has 1 unspecified atom stereocenters. The maximum absolute atomic E-state index is 13.2. The first kappa shape index (κ1) is 29.0. The zero-order chi connectivity index (χ0) is 29.6. The monoisotopic (exact) mass is 595 g/mol. The fraction of sp³-hybridized carbons (Fsp3) is 0.152. The quantitative estimate of drug-likeness (QED) is 0.166. The van der Waals surface area contributed by atoms with E-state index in [1.165, 1.54) is 28.0 Å². The van der Waals surface area contributed by atoms with Crippen LogP contribution in [0.3, 0.4) is 0 Å². The minimum absolute atomic E-state index is 0.109. The van der Waals surface area contributed by atoms with Crippen LogP contribution in [0.4, 0.5) is 11.4 Å². The number of thiophene rings is 1. The maximum Gasteiger partial charge on any atom is 0.272 e. The van der Waals surface area contributed by atoms with Gasteiger partial charge in [-0.15, -0.1) is 11.8 Å². The van der Waals surface area contributed by atoms with Crippen molar-refractivity contribution in [1.29, 1.82) is 0 Å². The van der Waals surface area contributed by atoms with Gasteiger partial charge in [0.1, 0.15) is 5.70 Å². The van der Waals surface area contributed by atoms with Crippen molar-refractivity contribution in [3.8, 4) is 0 Å². The van der Waals surface area contributed by atoms with Crippen molar-refractivity contribution in [2.75, 3.05) is 10.2 Å². The third-order valence-electron chi connectivity index (χ3n) is 6.70. The van der Waals surface area contributed by atoms with Crippen LogP contribution in [-0.4, -0.2) is 28.9 Å². The lowest BCUT2D eigenvalue weighted by Gasteiger charge is -2.16. The van der Waals surface area contributed by atoms with E-state index < -0.39 is 11.2 Å². The van der Waals surface area contributed by atoms with Crippen molar-refractivity contribution in [1.82, 2.24) is 5.32 Å². The topological polar surface area (TPSA) is 95.6 Å². The SMILES string of the molecule is CC(C)c1ccc(N2C(=O)CC(Sc3ccc(NC(=O)/C(=C/c4ccsc4)NC(=O)c4ccccc4)cc3)C2=O)cc1. The number of benzene rings is 3. The summed E-state index contributed by atoms with van der Waals surface area (Å²) in [5.41, 5.74) is 3.59. The first-order valence-electron chi connectivity index (χ1n) is 13.4. The summed E-state index contributed by atoms with van der Waals surface area (Å²) in [5, 5.41) is 8.79. The molecule has 0 aliphatic carbocycles. The van der Waals surface area contributed by atoms with Gasteiger partial charge in [0.15, 0.2) is 0 Å². The summed E-state index contributed by atoms with van der Waals surface area (Å²) < 4.78 is 0. The Balaban J connectivity index is 1.24. The molecule has 1 fully saturated rings. The number of thioether (sulfide) groups is 1. The highest BCUT2D eigenvalue weighted by atomic mass is 32.2. The van der Waals surface area contributed by atoms with Gasteiger partial charge in [-0.05, 0) is 88.5 Å². The van der Waals surface area contributed by atoms with Gasteiger partial charge in [0.25, 0.3) is 11.8 Å². The molecule has 1 aromatic heterocycles. The summed E-state index contributed by atoms with van der Waals surface area (Å²) in [7, 11) is 0. The molecule has 1 aliphatic rings. The van der Waals surface area contributed by atoms with Gasteiger partial charge in [0.05, 0.1) is 10.9 Å². The minimum atomic E-state index is -0.531. The predicted octanol–water partition coefficient (Wildman–Crippen LogP) is 6.71. The molecule has 5 rings (SSSR count). The number of carbonyl (C=O) groups excluding carboxylic acids is 4. The number of amides is 4. The Labute approximate surface area is 252 Å². The van der Waals surface area contributed by atoms with E-state index in [2.05, 4.69) is 24.5 Å². The molecule has 0 spiro atoms. The summed E-state index contributed by atoms with van der Waals surface area (Å²) in [5.74, 6) is -0.962. The first-order valence-corrected chi connectivity index (χ1v) is 15.3. The molecule has 2 N–H and O–H groups in total. The van der Waals surface area contributed by atoms with E-state index in [9.17, 15) is 19.2 Å². The molecule has 4 aromatic rings. The fourth-order valence-corrected chi connectivity index (χ4v) is 6.09. The van der Waals surface area contributed by atoms with Crippen LogP contribution in [0.15, 0.2) is 106 Å². The van der Waals surface area contributed by atoms with Crippen LogP contribution >= 0.6 is 23.1 Å². The third kappa shape index (κ3) is 6.87. The zero-order valence-corrected chi connectivity index (χ0v) is 24.7. The number of imide groups is 1. The smallest absolute Gasteiger partial charge is 0.272 e. The lowest BCUT2D eigenvalue weighted by Crippen LogP contribution is -2.31. The summed E-state index contributed by atoms with van der Waals surface area (Å²) in [6.07, 6.45) is 1.74. The van der Waals surface area contributed by atoms with Crippen LogP contribution < -0.4 is 15.5 Å². The summed E-state index contributed by atoms with van der Waals surface area (Å²) in [4.78, 5) is 53.9. The van der Waals surface area contributed by atoms with E-state index >= 15 is 0 Å². The van der Waals surface area contributed by atoms with Crippen molar-refractivity contribution < 1.29 is 19.2 Å². The molecule has 0 bridgehead atoms. The molecule has 7 nitrogen and oxygen atoms in total. The van der Waals surface area contributed by atoms with Crippen molar-refractivity contribution in [3.05, 3.63) is 118 Å². The lowest BCUT2D eigenvalue weighted by molar-refractivity contribution is -0.121. The molecular formula is C33H29N3O4S2. The number of hydrogen-bond acceptors (Lipinski definition) is 6. The maximum atomic E-state index is 13.2. The molecule has 1 saturated heterocycles. The minimum Gasteiger partial charge on any atom is -0.321 e. The summed E-state index contributed by atoms with van der Waals surface area (Å²) in [6, 6.07) is 25.1. The molecule has 1 atom stereocenters. The van der Waals surface area contributed by atoms with Gasteiger partial charge in [-0.3, -0.25) is 19.2 Å². The van der Waals surface area contributed by atoms with E-state index in [0.717, 1.165) is 16.0 Å². The Kier molecular flexibility index (Phi) is 9.00. The number of carbonyl (C=O) groups is 4. The Morgan fingerprint density at radius 2 is 1.67 bits per heavy atom. The fourth-order valence-electron chi connectivity index (χ4n) is 4.42. The number of hydrogen-bond donors (Lipinski definition) is 2. The van der Waals surface area contributed by atoms with E-state index in [-0.39, 0.29) is 29.8 Å². The van der Waals surface area contributed by atoms with Crippen LogP contribution in [-0.2, 0) is 14.4 Å². The van der Waals surface area contributed by atoms with Gasteiger partial charge in [-0.2, -0.15) is 11.3 Å². The normalized spacial score (nSPS) is 15.3. The Hall–Kier alpha value is -4.47. The standard InChI is InChI=1S/C33H29N3O4S2/c1-21(2)23-8-12-26(13-9-23)36-30(37)19-29(33(36)40)42-27-14-10-25(11-15-27)34-32(39)28(18-22-16-17-41-20-22)35-31(38)24-6-4-3-5-7-24/h3-18,20-21,29H,19H2,1-2H3,(H,34,39)(H,35,38)/b28-18-. The Bertz CT molecular complexity index is 1610. The Morgan fingerprint density at radius 3 is 2.31 bits per heavy atom. The van der Waals surface area contributed by atoms with Gasteiger partial charge < -0.3 is 10.6 Å². The molecule has 9 heteroatoms. The highest BCUT2D eigenvalue weighted by Crippen LogP contribution is 2.35. The van der Waals surface area contributed by atoms with Gasteiger partial charge in [0, 0.05) is 22.6 Å². The van der Waals surface area contributed by atoms with Crippen molar-refractivity contribution in [2.24, 2.45) is 0 Å². The van der Waals surface area contributed by atoms with Crippen molar-refractivity contribution >= 4 is 64.2 Å². The van der Waals surface area contributed by atoms with E-state index in [4.69, 9.17) is 0 Å². The number of anilines is 2. The summed E-state index contributed by atoms with van der Waals surface area (Å²) >= 11 is 2.81. The van der Waals surface area contributed by atoms with Gasteiger partial charge >= 0.3 is 0 Å². The molecule has 4 amide bonds. The highest BCUT2D eigenvalue weighted by Gasteiger charge is 2.40. The van der Waals surface area contributed by atoms with Gasteiger partial charge in [-0.1, -0.05) is 44.2 Å². The van der Waals surface area contributed by atoms with Crippen LogP contribution in [0.1, 0.15) is 47.7 Å². The van der Waals surface area contributed by atoms with Crippen molar-refractivity contribution in [3.63, 3.8) is 0 Å². The second-order valence-corrected chi connectivity index (χ2v) is 12.1. The molecule has 0 saturated carbocycles. The largest absolute Gasteiger partial charge is 0.321 e. The molecule has 42 heavy (non-hydrogen) atoms. The lowest BCUT2D eigenvalue weighted by atomic mass is 10.0. The van der Waals surface area contributed by atoms with Crippen LogP contribution in [0, 0.1) is 0 Å².